The molecule has 1 aromatic heterocycles. The lowest BCUT2D eigenvalue weighted by molar-refractivity contribution is 0.768. The number of hydrogen-bond acceptors (Lipinski definition) is 2. The van der Waals surface area contributed by atoms with Crippen LogP contribution in [0.5, 0.6) is 0 Å². The molecule has 0 atom stereocenters. The van der Waals surface area contributed by atoms with Gasteiger partial charge in [-0.15, -0.1) is 11.3 Å². The second-order valence-electron chi connectivity index (χ2n) is 16.7. The summed E-state index contributed by atoms with van der Waals surface area (Å²) in [6, 6.07) is 88.0. The average molecular weight is 818 g/mol. The van der Waals surface area contributed by atoms with Gasteiger partial charge in [0.15, 0.2) is 0 Å². The third kappa shape index (κ3) is 5.22. The normalized spacial score (nSPS) is 12.9. The van der Waals surface area contributed by atoms with Gasteiger partial charge in [0.05, 0.1) is 21.5 Å². The van der Waals surface area contributed by atoms with Crippen LogP contribution in [0, 0.1) is 0 Å². The standard InChI is InChI=1S/C61H39NS/c1-2-20-41(21-3-1)61(54-32-13-10-25-47(54)48-26-11-14-33-55(48)61)42-36-38-43(39-37-42)62(56-34-17-31-53-49-27-12-15-35-57(49)63-60(53)56)59-52-29-9-7-24-46(52)45-23-6-8-28-51(45)58(59)50-30-16-19-40-18-4-5-22-44(40)50/h1-39H. The van der Waals surface area contributed by atoms with Crippen LogP contribution in [0.1, 0.15) is 22.3 Å². The van der Waals surface area contributed by atoms with Crippen LogP contribution in [-0.4, -0.2) is 0 Å². The Bertz CT molecular complexity index is 3700. The Morgan fingerprint density at radius 3 is 1.59 bits per heavy atom. The summed E-state index contributed by atoms with van der Waals surface area (Å²) in [4.78, 5) is 2.58. The summed E-state index contributed by atoms with van der Waals surface area (Å²) < 4.78 is 2.56. The van der Waals surface area contributed by atoms with Crippen molar-refractivity contribution in [3.05, 3.63) is 259 Å². The minimum absolute atomic E-state index is 0.493. The Kier molecular flexibility index (Phi) is 8.06. The number of anilines is 3. The zero-order valence-corrected chi connectivity index (χ0v) is 35.2. The van der Waals surface area contributed by atoms with Gasteiger partial charge in [-0.25, -0.2) is 0 Å². The van der Waals surface area contributed by atoms with Crippen LogP contribution in [-0.2, 0) is 5.41 Å². The number of benzene rings is 11. The van der Waals surface area contributed by atoms with Crippen LogP contribution in [0.2, 0.25) is 0 Å². The minimum Gasteiger partial charge on any atom is -0.308 e. The van der Waals surface area contributed by atoms with Crippen molar-refractivity contribution in [2.24, 2.45) is 0 Å². The Hall–Kier alpha value is -7.78. The van der Waals surface area contributed by atoms with E-state index < -0.39 is 5.41 Å². The van der Waals surface area contributed by atoms with Crippen LogP contribution in [0.15, 0.2) is 237 Å². The molecule has 2 heteroatoms. The van der Waals surface area contributed by atoms with Gasteiger partial charge in [0.1, 0.15) is 0 Å². The van der Waals surface area contributed by atoms with Gasteiger partial charge in [0.25, 0.3) is 0 Å². The first-order valence-electron chi connectivity index (χ1n) is 21.8. The molecule has 1 aliphatic rings. The number of hydrogen-bond donors (Lipinski definition) is 0. The number of nitrogens with zero attached hydrogens (tertiary/aromatic N) is 1. The fourth-order valence-electron chi connectivity index (χ4n) is 10.9. The molecule has 0 saturated carbocycles. The van der Waals surface area contributed by atoms with Gasteiger partial charge < -0.3 is 4.90 Å². The van der Waals surface area contributed by atoms with Crippen molar-refractivity contribution in [3.8, 4) is 22.3 Å². The molecular weight excluding hydrogens is 779 g/mol. The van der Waals surface area contributed by atoms with E-state index in [-0.39, 0.29) is 0 Å². The van der Waals surface area contributed by atoms with Gasteiger partial charge >= 0.3 is 0 Å². The summed E-state index contributed by atoms with van der Waals surface area (Å²) in [5.74, 6) is 0. The lowest BCUT2D eigenvalue weighted by Gasteiger charge is -2.35. The third-order valence-electron chi connectivity index (χ3n) is 13.5. The molecule has 1 aliphatic carbocycles. The van der Waals surface area contributed by atoms with Crippen molar-refractivity contribution in [2.45, 2.75) is 5.41 Å². The quantitative estimate of drug-likeness (QED) is 0.151. The maximum absolute atomic E-state index is 2.58. The molecule has 1 nitrogen and oxygen atoms in total. The van der Waals surface area contributed by atoms with E-state index in [1.54, 1.807) is 0 Å². The fourth-order valence-corrected chi connectivity index (χ4v) is 12.1. The molecule has 0 N–H and O–H groups in total. The van der Waals surface area contributed by atoms with Crippen molar-refractivity contribution in [3.63, 3.8) is 0 Å². The van der Waals surface area contributed by atoms with Gasteiger partial charge in [0.2, 0.25) is 0 Å². The number of thiophene rings is 1. The third-order valence-corrected chi connectivity index (χ3v) is 14.7. The van der Waals surface area contributed by atoms with Crippen LogP contribution in [0.25, 0.3) is 74.7 Å². The summed E-state index contributed by atoms with van der Waals surface area (Å²) in [7, 11) is 0. The first-order chi connectivity index (χ1) is 31.3. The molecule has 0 saturated heterocycles. The van der Waals surface area contributed by atoms with Crippen molar-refractivity contribution in [1.82, 2.24) is 0 Å². The molecule has 63 heavy (non-hydrogen) atoms. The topological polar surface area (TPSA) is 3.24 Å². The van der Waals surface area contributed by atoms with Gasteiger partial charge in [-0.1, -0.05) is 212 Å². The Labute approximate surface area is 370 Å². The minimum atomic E-state index is -0.493. The second kappa shape index (κ2) is 14.1. The van der Waals surface area contributed by atoms with Crippen LogP contribution < -0.4 is 4.90 Å². The van der Waals surface area contributed by atoms with E-state index in [1.165, 1.54) is 103 Å². The zero-order chi connectivity index (χ0) is 41.5. The first-order valence-corrected chi connectivity index (χ1v) is 22.6. The van der Waals surface area contributed by atoms with E-state index in [2.05, 4.69) is 241 Å². The zero-order valence-electron chi connectivity index (χ0n) is 34.4. The lowest BCUT2D eigenvalue weighted by atomic mass is 9.67. The highest BCUT2D eigenvalue weighted by molar-refractivity contribution is 7.26. The van der Waals surface area contributed by atoms with E-state index >= 15 is 0 Å². The Morgan fingerprint density at radius 2 is 0.841 bits per heavy atom. The van der Waals surface area contributed by atoms with Gasteiger partial charge in [-0.3, -0.25) is 0 Å². The first kappa shape index (κ1) is 35.9. The summed E-state index contributed by atoms with van der Waals surface area (Å²) in [5, 5.41) is 9.95. The van der Waals surface area contributed by atoms with Crippen molar-refractivity contribution in [2.75, 3.05) is 4.90 Å². The molecule has 13 rings (SSSR count). The van der Waals surface area contributed by atoms with Crippen LogP contribution in [0.3, 0.4) is 0 Å². The van der Waals surface area contributed by atoms with E-state index in [9.17, 15) is 0 Å². The van der Waals surface area contributed by atoms with Crippen molar-refractivity contribution < 1.29 is 0 Å². The number of rotatable bonds is 6. The molecule has 294 valence electrons. The van der Waals surface area contributed by atoms with Gasteiger partial charge in [-0.05, 0) is 90.1 Å². The molecule has 0 amide bonds. The maximum atomic E-state index is 2.58. The molecule has 11 aromatic carbocycles. The van der Waals surface area contributed by atoms with Gasteiger partial charge in [0, 0.05) is 32.1 Å². The van der Waals surface area contributed by atoms with Crippen molar-refractivity contribution in [1.29, 1.82) is 0 Å². The molecule has 0 aliphatic heterocycles. The predicted octanol–water partition coefficient (Wildman–Crippen LogP) is 17.0. The highest BCUT2D eigenvalue weighted by Gasteiger charge is 2.46. The second-order valence-corrected chi connectivity index (χ2v) is 17.7. The molecule has 0 spiro atoms. The largest absolute Gasteiger partial charge is 0.308 e. The highest BCUT2D eigenvalue weighted by Crippen LogP contribution is 2.57. The number of fused-ring (bicyclic) bond motifs is 10. The molecule has 1 heterocycles. The summed E-state index contributed by atoms with van der Waals surface area (Å²) >= 11 is 1.88. The monoisotopic (exact) mass is 817 g/mol. The van der Waals surface area contributed by atoms with E-state index in [0.717, 1.165) is 11.4 Å². The van der Waals surface area contributed by atoms with Crippen LogP contribution in [0.4, 0.5) is 17.1 Å². The van der Waals surface area contributed by atoms with E-state index in [4.69, 9.17) is 0 Å². The Balaban J connectivity index is 1.15. The summed E-state index contributed by atoms with van der Waals surface area (Å²) in [6.45, 7) is 0. The Morgan fingerprint density at radius 1 is 0.333 bits per heavy atom. The molecule has 0 radical (unpaired) electrons. The lowest BCUT2D eigenvalue weighted by Crippen LogP contribution is -2.28. The predicted molar refractivity (Wildman–Crippen MR) is 269 cm³/mol. The SMILES string of the molecule is c1ccc(C2(c3ccc(N(c4c(-c5cccc6ccccc56)c5ccccc5c5ccccc45)c4cccc5c4sc4ccccc45)cc3)c3ccccc3-c3ccccc32)cc1. The van der Waals surface area contributed by atoms with E-state index in [1.807, 2.05) is 11.3 Å². The fraction of sp³-hybridized carbons (Fsp3) is 0.0164. The average Bonchev–Trinajstić information content (AvgIpc) is 3.89. The smallest absolute Gasteiger partial charge is 0.0713 e. The highest BCUT2D eigenvalue weighted by atomic mass is 32.1. The summed E-state index contributed by atoms with van der Waals surface area (Å²) in [5.41, 5.74) is 13.1. The maximum Gasteiger partial charge on any atom is 0.0713 e. The molecule has 0 fully saturated rings. The van der Waals surface area contributed by atoms with E-state index in [0.29, 0.717) is 0 Å². The molecule has 0 unspecified atom stereocenters. The van der Waals surface area contributed by atoms with Crippen LogP contribution >= 0.6 is 11.3 Å². The van der Waals surface area contributed by atoms with Gasteiger partial charge in [-0.2, -0.15) is 0 Å². The molecular formula is C61H39NS. The molecule has 12 aromatic rings. The van der Waals surface area contributed by atoms with Crippen molar-refractivity contribution >= 4 is 80.9 Å². The summed E-state index contributed by atoms with van der Waals surface area (Å²) in [6.07, 6.45) is 0. The molecule has 0 bridgehead atoms.